The standard InChI is InChI=1S/C18H28/c1-3-5-9-15-13-14-16-10-7-8-12-18(16)17(15)11-6-4-2/h7-8,10,12,15,17H,3-6,9,11,13-14H2,1-2H3. The molecule has 0 amide bonds. The molecule has 1 aromatic rings. The van der Waals surface area contributed by atoms with Crippen LogP contribution in [0.5, 0.6) is 0 Å². The molecule has 1 aromatic carbocycles. The third-order valence-corrected chi connectivity index (χ3v) is 4.61. The second-order valence-corrected chi connectivity index (χ2v) is 5.89. The molecule has 0 spiro atoms. The Bertz CT molecular complexity index is 353. The Labute approximate surface area is 113 Å². The van der Waals surface area contributed by atoms with E-state index in [-0.39, 0.29) is 0 Å². The molecule has 18 heavy (non-hydrogen) atoms. The van der Waals surface area contributed by atoms with Crippen molar-refractivity contribution in [2.24, 2.45) is 5.92 Å². The molecule has 1 aliphatic rings. The second kappa shape index (κ2) is 6.97. The minimum absolute atomic E-state index is 0.849. The summed E-state index contributed by atoms with van der Waals surface area (Å²) in [6, 6.07) is 9.19. The molecule has 0 heterocycles. The van der Waals surface area contributed by atoms with Gasteiger partial charge in [-0.3, -0.25) is 0 Å². The summed E-state index contributed by atoms with van der Waals surface area (Å²) in [6.07, 6.45) is 11.1. The Morgan fingerprint density at radius 1 is 1.00 bits per heavy atom. The van der Waals surface area contributed by atoms with Crippen molar-refractivity contribution in [1.82, 2.24) is 0 Å². The van der Waals surface area contributed by atoms with Crippen LogP contribution in [0.1, 0.15) is 75.8 Å². The summed E-state index contributed by atoms with van der Waals surface area (Å²) in [5, 5.41) is 0. The van der Waals surface area contributed by atoms with Crippen LogP contribution < -0.4 is 0 Å². The van der Waals surface area contributed by atoms with Crippen LogP contribution in [0.4, 0.5) is 0 Å². The number of hydrogen-bond donors (Lipinski definition) is 0. The van der Waals surface area contributed by atoms with Crippen molar-refractivity contribution in [2.45, 2.75) is 71.1 Å². The lowest BCUT2D eigenvalue weighted by molar-refractivity contribution is 0.320. The van der Waals surface area contributed by atoms with Crippen LogP contribution in [-0.4, -0.2) is 0 Å². The van der Waals surface area contributed by atoms with E-state index in [1.165, 1.54) is 51.4 Å². The van der Waals surface area contributed by atoms with Gasteiger partial charge in [-0.05, 0) is 48.6 Å². The molecule has 0 saturated heterocycles. The maximum absolute atomic E-state index is 2.40. The van der Waals surface area contributed by atoms with Gasteiger partial charge in [0.05, 0.1) is 0 Å². The Balaban J connectivity index is 2.13. The van der Waals surface area contributed by atoms with Crippen LogP contribution in [0, 0.1) is 5.92 Å². The summed E-state index contributed by atoms with van der Waals surface area (Å²) in [6.45, 7) is 4.63. The Kier molecular flexibility index (Phi) is 5.28. The highest BCUT2D eigenvalue weighted by atomic mass is 14.3. The average Bonchev–Trinajstić information content (AvgIpc) is 2.43. The minimum Gasteiger partial charge on any atom is -0.0654 e. The third-order valence-electron chi connectivity index (χ3n) is 4.61. The van der Waals surface area contributed by atoms with Crippen molar-refractivity contribution in [3.05, 3.63) is 35.4 Å². The van der Waals surface area contributed by atoms with Crippen molar-refractivity contribution in [3.8, 4) is 0 Å². The molecule has 100 valence electrons. The predicted octanol–water partition coefficient (Wildman–Crippen LogP) is 5.71. The van der Waals surface area contributed by atoms with Crippen LogP contribution >= 0.6 is 0 Å². The van der Waals surface area contributed by atoms with Crippen molar-refractivity contribution < 1.29 is 0 Å². The fourth-order valence-corrected chi connectivity index (χ4v) is 3.55. The van der Waals surface area contributed by atoms with E-state index >= 15 is 0 Å². The van der Waals surface area contributed by atoms with Gasteiger partial charge in [-0.2, -0.15) is 0 Å². The van der Waals surface area contributed by atoms with Gasteiger partial charge in [0.1, 0.15) is 0 Å². The normalized spacial score (nSPS) is 22.8. The SMILES string of the molecule is CCCCC1CCc2ccccc2C1CCCC. The highest BCUT2D eigenvalue weighted by Crippen LogP contribution is 2.41. The topological polar surface area (TPSA) is 0 Å². The number of aryl methyl sites for hydroxylation is 1. The molecule has 0 nitrogen and oxygen atoms in total. The Morgan fingerprint density at radius 2 is 1.72 bits per heavy atom. The van der Waals surface area contributed by atoms with Gasteiger partial charge in [-0.1, -0.05) is 63.8 Å². The van der Waals surface area contributed by atoms with E-state index in [9.17, 15) is 0 Å². The molecule has 0 bridgehead atoms. The van der Waals surface area contributed by atoms with Gasteiger partial charge in [0.25, 0.3) is 0 Å². The molecule has 2 atom stereocenters. The van der Waals surface area contributed by atoms with Gasteiger partial charge in [0.2, 0.25) is 0 Å². The molecule has 0 aromatic heterocycles. The second-order valence-electron chi connectivity index (χ2n) is 5.89. The van der Waals surface area contributed by atoms with Gasteiger partial charge < -0.3 is 0 Å². The molecule has 0 fully saturated rings. The Hall–Kier alpha value is -0.780. The smallest absolute Gasteiger partial charge is 0.0131 e. The molecule has 0 N–H and O–H groups in total. The van der Waals surface area contributed by atoms with Gasteiger partial charge in [0, 0.05) is 0 Å². The number of unbranched alkanes of at least 4 members (excludes halogenated alkanes) is 2. The highest BCUT2D eigenvalue weighted by Gasteiger charge is 2.28. The van der Waals surface area contributed by atoms with Gasteiger partial charge in [-0.25, -0.2) is 0 Å². The van der Waals surface area contributed by atoms with E-state index in [0.717, 1.165) is 11.8 Å². The molecule has 0 radical (unpaired) electrons. The zero-order valence-electron chi connectivity index (χ0n) is 12.1. The summed E-state index contributed by atoms with van der Waals surface area (Å²) < 4.78 is 0. The number of hydrogen-bond acceptors (Lipinski definition) is 0. The van der Waals surface area contributed by atoms with E-state index in [4.69, 9.17) is 0 Å². The molecular weight excluding hydrogens is 216 g/mol. The highest BCUT2D eigenvalue weighted by molar-refractivity contribution is 5.33. The van der Waals surface area contributed by atoms with Gasteiger partial charge in [-0.15, -0.1) is 0 Å². The van der Waals surface area contributed by atoms with Crippen LogP contribution in [0.2, 0.25) is 0 Å². The minimum atomic E-state index is 0.849. The first kappa shape index (κ1) is 13.6. The predicted molar refractivity (Wildman–Crippen MR) is 80.0 cm³/mol. The molecule has 2 rings (SSSR count). The van der Waals surface area contributed by atoms with Crippen LogP contribution in [0.15, 0.2) is 24.3 Å². The zero-order valence-corrected chi connectivity index (χ0v) is 12.1. The monoisotopic (exact) mass is 244 g/mol. The summed E-state index contributed by atoms with van der Waals surface area (Å²) >= 11 is 0. The molecule has 2 unspecified atom stereocenters. The largest absolute Gasteiger partial charge is 0.0654 e. The summed E-state index contributed by atoms with van der Waals surface area (Å²) in [4.78, 5) is 0. The number of rotatable bonds is 6. The lowest BCUT2D eigenvalue weighted by atomic mass is 9.71. The average molecular weight is 244 g/mol. The fraction of sp³-hybridized carbons (Fsp3) is 0.667. The van der Waals surface area contributed by atoms with E-state index in [1.807, 2.05) is 0 Å². The summed E-state index contributed by atoms with van der Waals surface area (Å²) in [5.41, 5.74) is 3.31. The van der Waals surface area contributed by atoms with Crippen molar-refractivity contribution >= 4 is 0 Å². The first-order chi connectivity index (χ1) is 8.86. The van der Waals surface area contributed by atoms with Gasteiger partial charge >= 0.3 is 0 Å². The zero-order chi connectivity index (χ0) is 12.8. The van der Waals surface area contributed by atoms with E-state index in [2.05, 4.69) is 38.1 Å². The van der Waals surface area contributed by atoms with E-state index < -0.39 is 0 Å². The molecule has 0 saturated carbocycles. The van der Waals surface area contributed by atoms with Crippen molar-refractivity contribution in [1.29, 1.82) is 0 Å². The van der Waals surface area contributed by atoms with Crippen LogP contribution in [0.3, 0.4) is 0 Å². The van der Waals surface area contributed by atoms with Crippen molar-refractivity contribution in [2.75, 3.05) is 0 Å². The van der Waals surface area contributed by atoms with Crippen molar-refractivity contribution in [3.63, 3.8) is 0 Å². The van der Waals surface area contributed by atoms with E-state index in [1.54, 1.807) is 11.1 Å². The van der Waals surface area contributed by atoms with E-state index in [0.29, 0.717) is 0 Å². The first-order valence-electron chi connectivity index (χ1n) is 7.94. The molecule has 0 heteroatoms. The number of fused-ring (bicyclic) bond motifs is 1. The quantitative estimate of drug-likeness (QED) is 0.601. The molecule has 0 aliphatic heterocycles. The first-order valence-corrected chi connectivity index (χ1v) is 7.94. The Morgan fingerprint density at radius 3 is 2.50 bits per heavy atom. The van der Waals surface area contributed by atoms with Crippen LogP contribution in [-0.2, 0) is 6.42 Å². The molecule has 1 aliphatic carbocycles. The lowest BCUT2D eigenvalue weighted by Crippen LogP contribution is -2.21. The summed E-state index contributed by atoms with van der Waals surface area (Å²) in [7, 11) is 0. The fourth-order valence-electron chi connectivity index (χ4n) is 3.55. The van der Waals surface area contributed by atoms with Crippen LogP contribution in [0.25, 0.3) is 0 Å². The maximum atomic E-state index is 2.40. The number of benzene rings is 1. The molecular formula is C18H28. The van der Waals surface area contributed by atoms with Gasteiger partial charge in [0.15, 0.2) is 0 Å². The maximum Gasteiger partial charge on any atom is -0.0131 e. The third kappa shape index (κ3) is 3.16. The lowest BCUT2D eigenvalue weighted by Gasteiger charge is -2.34. The summed E-state index contributed by atoms with van der Waals surface area (Å²) in [5.74, 6) is 1.80.